The number of benzene rings is 2. The van der Waals surface area contributed by atoms with Gasteiger partial charge in [0.05, 0.1) is 24.7 Å². The van der Waals surface area contributed by atoms with Crippen molar-refractivity contribution in [1.29, 1.82) is 0 Å². The Hall–Kier alpha value is -3.06. The van der Waals surface area contributed by atoms with Crippen LogP contribution in [0.4, 0.5) is 11.5 Å². The molecule has 31 heavy (non-hydrogen) atoms. The molecular weight excluding hydrogens is 583 g/mol. The van der Waals surface area contributed by atoms with Crippen LogP contribution in [0.25, 0.3) is 0 Å². The van der Waals surface area contributed by atoms with Crippen molar-refractivity contribution in [2.75, 3.05) is 5.43 Å². The van der Waals surface area contributed by atoms with E-state index in [2.05, 4.69) is 54.0 Å². The first kappa shape index (κ1) is 22.6. The third-order valence-electron chi connectivity index (χ3n) is 3.96. The summed E-state index contributed by atoms with van der Waals surface area (Å²) in [4.78, 5) is 25.0. The molecule has 0 aliphatic heterocycles. The maximum absolute atomic E-state index is 10.9. The van der Waals surface area contributed by atoms with Crippen LogP contribution in [0.1, 0.15) is 21.5 Å². The van der Waals surface area contributed by atoms with Crippen LogP contribution in [0.5, 0.6) is 5.75 Å². The van der Waals surface area contributed by atoms with Crippen LogP contribution in [0.2, 0.25) is 0 Å². The van der Waals surface area contributed by atoms with Crippen LogP contribution >= 0.6 is 38.5 Å². The van der Waals surface area contributed by atoms with E-state index in [1.807, 2.05) is 12.1 Å². The molecule has 0 saturated heterocycles. The van der Waals surface area contributed by atoms with Crippen molar-refractivity contribution < 1.29 is 19.6 Å². The normalized spacial score (nSPS) is 10.8. The first-order valence-corrected chi connectivity index (χ1v) is 10.5. The number of carbonyl (C=O) groups is 1. The van der Waals surface area contributed by atoms with E-state index in [1.54, 1.807) is 18.3 Å². The Morgan fingerprint density at radius 1 is 1.29 bits per heavy atom. The van der Waals surface area contributed by atoms with Crippen molar-refractivity contribution in [3.05, 3.63) is 89.6 Å². The SMILES string of the molecule is O=C(O)c1ccc(COc2c(Br)cc(/C=N/Nc3ccc([N+](=O)[O-])cn3)cc2I)cc1. The molecular formula is C20H14BrIN4O5. The number of ether oxygens (including phenoxy) is 1. The fraction of sp³-hybridized carbons (Fsp3) is 0.0500. The summed E-state index contributed by atoms with van der Waals surface area (Å²) in [6.07, 6.45) is 2.74. The van der Waals surface area contributed by atoms with Gasteiger partial charge in [-0.25, -0.2) is 9.78 Å². The molecule has 2 N–H and O–H groups in total. The lowest BCUT2D eigenvalue weighted by molar-refractivity contribution is -0.385. The Morgan fingerprint density at radius 3 is 2.61 bits per heavy atom. The summed E-state index contributed by atoms with van der Waals surface area (Å²) in [5.41, 5.74) is 4.48. The molecule has 1 heterocycles. The molecule has 3 rings (SSSR count). The molecule has 0 spiro atoms. The Balaban J connectivity index is 1.63. The summed E-state index contributed by atoms with van der Waals surface area (Å²) in [5.74, 6) is 0.0652. The summed E-state index contributed by atoms with van der Waals surface area (Å²) in [7, 11) is 0. The van der Waals surface area contributed by atoms with Crippen LogP contribution in [0, 0.1) is 13.7 Å². The number of aromatic nitrogens is 1. The molecule has 158 valence electrons. The van der Waals surface area contributed by atoms with E-state index in [-0.39, 0.29) is 17.9 Å². The van der Waals surface area contributed by atoms with Crippen LogP contribution in [0.3, 0.4) is 0 Å². The molecule has 0 bridgehead atoms. The average molecular weight is 597 g/mol. The van der Waals surface area contributed by atoms with Crippen molar-refractivity contribution in [3.63, 3.8) is 0 Å². The summed E-state index contributed by atoms with van der Waals surface area (Å²) >= 11 is 5.65. The zero-order chi connectivity index (χ0) is 22.4. The number of hydrazone groups is 1. The number of carboxylic acids is 1. The number of nitrogens with one attached hydrogen (secondary N) is 1. The third kappa shape index (κ3) is 6.21. The van der Waals surface area contributed by atoms with Gasteiger partial charge in [0, 0.05) is 6.07 Å². The Labute approximate surface area is 198 Å². The third-order valence-corrected chi connectivity index (χ3v) is 5.35. The molecule has 0 aliphatic carbocycles. The van der Waals surface area contributed by atoms with Crippen LogP contribution in [0.15, 0.2) is 64.3 Å². The van der Waals surface area contributed by atoms with Gasteiger partial charge in [0.2, 0.25) is 0 Å². The maximum Gasteiger partial charge on any atom is 0.335 e. The lowest BCUT2D eigenvalue weighted by atomic mass is 10.1. The van der Waals surface area contributed by atoms with Crippen molar-refractivity contribution in [1.82, 2.24) is 4.98 Å². The molecule has 9 nitrogen and oxygen atoms in total. The van der Waals surface area contributed by atoms with Crippen molar-refractivity contribution in [2.45, 2.75) is 6.61 Å². The lowest BCUT2D eigenvalue weighted by Gasteiger charge is -2.11. The van der Waals surface area contributed by atoms with E-state index < -0.39 is 10.9 Å². The van der Waals surface area contributed by atoms with Crippen molar-refractivity contribution in [2.24, 2.45) is 5.10 Å². The number of nitro groups is 1. The first-order valence-electron chi connectivity index (χ1n) is 8.67. The van der Waals surface area contributed by atoms with Gasteiger partial charge in [0.25, 0.3) is 5.69 Å². The first-order chi connectivity index (χ1) is 14.8. The van der Waals surface area contributed by atoms with E-state index in [9.17, 15) is 14.9 Å². The van der Waals surface area contributed by atoms with Gasteiger partial charge in [-0.3, -0.25) is 15.5 Å². The van der Waals surface area contributed by atoms with E-state index >= 15 is 0 Å². The molecule has 11 heteroatoms. The van der Waals surface area contributed by atoms with E-state index in [4.69, 9.17) is 9.84 Å². The Bertz CT molecular complexity index is 1110. The molecule has 0 aliphatic rings. The number of carboxylic acid groups (broad SMARTS) is 1. The number of aromatic carboxylic acids is 1. The molecule has 0 fully saturated rings. The predicted molar refractivity (Wildman–Crippen MR) is 127 cm³/mol. The van der Waals surface area contributed by atoms with Crippen molar-refractivity contribution >= 4 is 62.2 Å². The predicted octanol–water partition coefficient (Wildman–Crippen LogP) is 5.08. The quantitative estimate of drug-likeness (QED) is 0.161. The number of nitrogens with zero attached hydrogens (tertiary/aromatic N) is 3. The zero-order valence-corrected chi connectivity index (χ0v) is 19.4. The monoisotopic (exact) mass is 596 g/mol. The Kier molecular flexibility index (Phi) is 7.52. The highest BCUT2D eigenvalue weighted by Gasteiger charge is 2.10. The molecule has 0 amide bonds. The topological polar surface area (TPSA) is 127 Å². The molecule has 0 saturated carbocycles. The van der Waals surface area contributed by atoms with Gasteiger partial charge in [-0.15, -0.1) is 0 Å². The number of anilines is 1. The minimum Gasteiger partial charge on any atom is -0.487 e. The highest BCUT2D eigenvalue weighted by molar-refractivity contribution is 14.1. The van der Waals surface area contributed by atoms with Gasteiger partial charge in [-0.05, 0) is 80.0 Å². The van der Waals surface area contributed by atoms with Crippen LogP contribution in [-0.2, 0) is 6.61 Å². The number of hydrogen-bond donors (Lipinski definition) is 2. The second-order valence-corrected chi connectivity index (χ2v) is 8.15. The minimum absolute atomic E-state index is 0.0959. The number of hydrogen-bond acceptors (Lipinski definition) is 7. The van der Waals surface area contributed by atoms with Crippen LogP contribution < -0.4 is 10.2 Å². The van der Waals surface area contributed by atoms with Crippen molar-refractivity contribution in [3.8, 4) is 5.75 Å². The van der Waals surface area contributed by atoms with E-state index in [0.29, 0.717) is 11.6 Å². The average Bonchev–Trinajstić information content (AvgIpc) is 2.74. The van der Waals surface area contributed by atoms with E-state index in [1.165, 1.54) is 24.3 Å². The number of rotatable bonds is 8. The fourth-order valence-corrected chi connectivity index (χ4v) is 4.19. The van der Waals surface area contributed by atoms with Crippen LogP contribution in [-0.4, -0.2) is 27.2 Å². The van der Waals surface area contributed by atoms with Gasteiger partial charge in [0.1, 0.15) is 24.4 Å². The standard InChI is InChI=1S/C20H14BrIN4O5/c21-16-7-13(9-24-25-18-6-5-15(10-23-18)26(29)30)8-17(22)19(16)31-11-12-1-3-14(4-2-12)20(27)28/h1-10H,11H2,(H,23,25)(H,27,28)/b24-9+. The Morgan fingerprint density at radius 2 is 2.03 bits per heavy atom. The highest BCUT2D eigenvalue weighted by Crippen LogP contribution is 2.32. The second-order valence-electron chi connectivity index (χ2n) is 6.13. The second kappa shape index (κ2) is 10.3. The summed E-state index contributed by atoms with van der Waals surface area (Å²) in [6, 6.07) is 13.0. The van der Waals surface area contributed by atoms with Gasteiger partial charge in [0.15, 0.2) is 0 Å². The fourth-order valence-electron chi connectivity index (χ4n) is 2.42. The molecule has 0 unspecified atom stereocenters. The highest BCUT2D eigenvalue weighted by atomic mass is 127. The molecule has 0 radical (unpaired) electrons. The minimum atomic E-state index is -0.971. The van der Waals surface area contributed by atoms with Gasteiger partial charge in [-0.1, -0.05) is 12.1 Å². The largest absolute Gasteiger partial charge is 0.487 e. The zero-order valence-electron chi connectivity index (χ0n) is 15.7. The number of pyridine rings is 1. The van der Waals surface area contributed by atoms with E-state index in [0.717, 1.165) is 25.4 Å². The molecule has 2 aromatic carbocycles. The summed E-state index contributed by atoms with van der Waals surface area (Å²) in [5, 5.41) is 23.7. The lowest BCUT2D eigenvalue weighted by Crippen LogP contribution is -2.01. The molecule has 1 aromatic heterocycles. The van der Waals surface area contributed by atoms with Gasteiger partial charge in [-0.2, -0.15) is 5.10 Å². The molecule has 3 aromatic rings. The molecule has 0 atom stereocenters. The number of halogens is 2. The smallest absolute Gasteiger partial charge is 0.335 e. The van der Waals surface area contributed by atoms with Gasteiger partial charge < -0.3 is 9.84 Å². The van der Waals surface area contributed by atoms with Gasteiger partial charge >= 0.3 is 5.97 Å². The summed E-state index contributed by atoms with van der Waals surface area (Å²) < 4.78 is 7.47. The summed E-state index contributed by atoms with van der Waals surface area (Å²) in [6.45, 7) is 0.287. The maximum atomic E-state index is 10.9.